The summed E-state index contributed by atoms with van der Waals surface area (Å²) >= 11 is 1.50. The molecule has 0 aliphatic heterocycles. The smallest absolute Gasteiger partial charge is 0.315 e. The van der Waals surface area contributed by atoms with Crippen LogP contribution in [-0.2, 0) is 7.05 Å². The Labute approximate surface area is 152 Å². The molecule has 0 N–H and O–H groups in total. The van der Waals surface area contributed by atoms with E-state index >= 15 is 0 Å². The lowest BCUT2D eigenvalue weighted by Gasteiger charge is -2.01. The third-order valence-corrected chi connectivity index (χ3v) is 5.62. The number of hydrogen-bond acceptors (Lipinski definition) is 3. The second-order valence-electron chi connectivity index (χ2n) is 6.14. The minimum absolute atomic E-state index is 0.258. The Balaban J connectivity index is 1.69. The van der Waals surface area contributed by atoms with Crippen LogP contribution in [0.2, 0.25) is 0 Å². The number of hydrogen-bond donors (Lipinski definition) is 0. The predicted octanol–water partition coefficient (Wildman–Crippen LogP) is 4.88. The summed E-state index contributed by atoms with van der Waals surface area (Å²) < 4.78 is 8.71. The van der Waals surface area contributed by atoms with Gasteiger partial charge in [-0.2, -0.15) is 4.99 Å². The Morgan fingerprint density at radius 2 is 1.77 bits per heavy atom. The number of aromatic nitrogens is 1. The average Bonchev–Trinajstić information content (AvgIpc) is 3.23. The zero-order valence-electron chi connectivity index (χ0n) is 14.0. The first kappa shape index (κ1) is 15.1. The topological polar surface area (TPSA) is 47.5 Å². The second-order valence-corrected chi connectivity index (χ2v) is 7.15. The number of amides is 1. The second kappa shape index (κ2) is 5.68. The van der Waals surface area contributed by atoms with Crippen LogP contribution in [0.5, 0.6) is 0 Å². The van der Waals surface area contributed by atoms with Crippen LogP contribution in [0.4, 0.5) is 0 Å². The molecule has 3 aromatic carbocycles. The molecule has 0 saturated carbocycles. The number of fused-ring (bicyclic) bond motifs is 4. The molecule has 0 aliphatic carbocycles. The SMILES string of the molecule is Cn1c(=NC(=O)c2cc3ccccc3o2)sc2ccc3ccccc3c21. The van der Waals surface area contributed by atoms with Crippen LogP contribution in [0.15, 0.2) is 76.1 Å². The maximum absolute atomic E-state index is 12.6. The molecule has 0 saturated heterocycles. The molecule has 5 rings (SSSR count). The van der Waals surface area contributed by atoms with Crippen molar-refractivity contribution in [1.29, 1.82) is 0 Å². The van der Waals surface area contributed by atoms with E-state index in [4.69, 9.17) is 4.42 Å². The van der Waals surface area contributed by atoms with Gasteiger partial charge in [0.2, 0.25) is 0 Å². The van der Waals surface area contributed by atoms with Crippen molar-refractivity contribution >= 4 is 49.2 Å². The van der Waals surface area contributed by atoms with Crippen LogP contribution in [0.3, 0.4) is 0 Å². The number of furan rings is 1. The fourth-order valence-corrected chi connectivity index (χ4v) is 4.29. The Kier molecular flexibility index (Phi) is 3.30. The van der Waals surface area contributed by atoms with Crippen molar-refractivity contribution in [3.63, 3.8) is 0 Å². The van der Waals surface area contributed by atoms with Crippen molar-refractivity contribution in [3.8, 4) is 0 Å². The lowest BCUT2D eigenvalue weighted by molar-refractivity contribution is 0.0973. The van der Waals surface area contributed by atoms with Crippen LogP contribution in [0.25, 0.3) is 32.0 Å². The van der Waals surface area contributed by atoms with Crippen molar-refractivity contribution in [2.75, 3.05) is 0 Å². The number of para-hydroxylation sites is 1. The number of aryl methyl sites for hydroxylation is 1. The molecule has 1 amide bonds. The first-order chi connectivity index (χ1) is 12.7. The minimum Gasteiger partial charge on any atom is -0.451 e. The molecule has 4 nitrogen and oxygen atoms in total. The molecule has 0 aliphatic rings. The molecule has 26 heavy (non-hydrogen) atoms. The summed E-state index contributed by atoms with van der Waals surface area (Å²) in [6.45, 7) is 0. The number of benzene rings is 3. The highest BCUT2D eigenvalue weighted by Crippen LogP contribution is 2.26. The van der Waals surface area contributed by atoms with Gasteiger partial charge in [0.15, 0.2) is 10.6 Å². The fourth-order valence-electron chi connectivity index (χ4n) is 3.25. The van der Waals surface area contributed by atoms with Crippen LogP contribution in [0, 0.1) is 0 Å². The maximum atomic E-state index is 12.6. The van der Waals surface area contributed by atoms with E-state index in [2.05, 4.69) is 29.3 Å². The molecule has 0 atom stereocenters. The van der Waals surface area contributed by atoms with Crippen LogP contribution in [0.1, 0.15) is 10.6 Å². The largest absolute Gasteiger partial charge is 0.451 e. The van der Waals surface area contributed by atoms with Crippen LogP contribution >= 0.6 is 11.3 Å². The predicted molar refractivity (Wildman–Crippen MR) is 104 cm³/mol. The summed E-state index contributed by atoms with van der Waals surface area (Å²) in [6, 6.07) is 21.7. The molecular weight excluding hydrogens is 344 g/mol. The first-order valence-electron chi connectivity index (χ1n) is 8.25. The Morgan fingerprint density at radius 1 is 1.00 bits per heavy atom. The molecule has 2 aromatic heterocycles. The summed E-state index contributed by atoms with van der Waals surface area (Å²) in [5.41, 5.74) is 1.78. The van der Waals surface area contributed by atoms with Gasteiger partial charge in [0.25, 0.3) is 0 Å². The summed E-state index contributed by atoms with van der Waals surface area (Å²) in [6.07, 6.45) is 0. The van der Waals surface area contributed by atoms with Gasteiger partial charge in [0.1, 0.15) is 5.58 Å². The summed E-state index contributed by atoms with van der Waals surface area (Å²) in [5.74, 6) is -0.110. The van der Waals surface area contributed by atoms with E-state index in [0.29, 0.717) is 10.4 Å². The Hall–Kier alpha value is -3.18. The molecule has 0 unspecified atom stereocenters. The number of nitrogens with zero attached hydrogens (tertiary/aromatic N) is 2. The van der Waals surface area contributed by atoms with Gasteiger partial charge in [-0.25, -0.2) is 0 Å². The van der Waals surface area contributed by atoms with Crippen molar-refractivity contribution in [1.82, 2.24) is 4.57 Å². The van der Waals surface area contributed by atoms with E-state index in [1.165, 1.54) is 16.7 Å². The lowest BCUT2D eigenvalue weighted by atomic mass is 10.1. The van der Waals surface area contributed by atoms with Gasteiger partial charge in [-0.3, -0.25) is 4.79 Å². The van der Waals surface area contributed by atoms with E-state index in [0.717, 1.165) is 21.0 Å². The van der Waals surface area contributed by atoms with Crippen molar-refractivity contribution < 1.29 is 9.21 Å². The number of thiazole rings is 1. The number of rotatable bonds is 1. The zero-order valence-corrected chi connectivity index (χ0v) is 14.8. The highest BCUT2D eigenvalue weighted by atomic mass is 32.1. The standard InChI is InChI=1S/C21H14N2O2S/c1-23-19-15-8-4-2-6-13(15)10-11-18(19)26-21(23)22-20(24)17-12-14-7-3-5-9-16(14)25-17/h2-12H,1H3. The van der Waals surface area contributed by atoms with Gasteiger partial charge in [-0.05, 0) is 23.6 Å². The molecule has 0 spiro atoms. The van der Waals surface area contributed by atoms with E-state index in [9.17, 15) is 4.79 Å². The van der Waals surface area contributed by atoms with Gasteiger partial charge in [-0.1, -0.05) is 59.9 Å². The molecule has 5 heteroatoms. The summed E-state index contributed by atoms with van der Waals surface area (Å²) in [5, 5.41) is 3.22. The normalized spacial score (nSPS) is 12.4. The lowest BCUT2D eigenvalue weighted by Crippen LogP contribution is -2.13. The summed E-state index contributed by atoms with van der Waals surface area (Å²) in [4.78, 5) is 17.6. The molecule has 0 radical (unpaired) electrons. The minimum atomic E-state index is -0.368. The van der Waals surface area contributed by atoms with E-state index < -0.39 is 0 Å². The first-order valence-corrected chi connectivity index (χ1v) is 9.07. The maximum Gasteiger partial charge on any atom is 0.315 e. The van der Waals surface area contributed by atoms with Gasteiger partial charge in [0.05, 0.1) is 10.2 Å². The van der Waals surface area contributed by atoms with Crippen molar-refractivity contribution in [2.45, 2.75) is 0 Å². The van der Waals surface area contributed by atoms with E-state index in [1.807, 2.05) is 48.0 Å². The van der Waals surface area contributed by atoms with Gasteiger partial charge in [-0.15, -0.1) is 0 Å². The molecule has 5 aromatic rings. The van der Waals surface area contributed by atoms with Gasteiger partial charge >= 0.3 is 5.91 Å². The summed E-state index contributed by atoms with van der Waals surface area (Å²) in [7, 11) is 1.94. The molecular formula is C21H14N2O2S. The van der Waals surface area contributed by atoms with Crippen LogP contribution < -0.4 is 4.80 Å². The quantitative estimate of drug-likeness (QED) is 0.429. The third kappa shape index (κ3) is 2.29. The highest BCUT2D eigenvalue weighted by Gasteiger charge is 2.13. The third-order valence-electron chi connectivity index (χ3n) is 4.52. The molecule has 126 valence electrons. The average molecular weight is 358 g/mol. The zero-order chi connectivity index (χ0) is 17.7. The Morgan fingerprint density at radius 3 is 2.62 bits per heavy atom. The van der Waals surface area contributed by atoms with Gasteiger partial charge < -0.3 is 8.98 Å². The number of carbonyl (C=O) groups excluding carboxylic acids is 1. The van der Waals surface area contributed by atoms with E-state index in [-0.39, 0.29) is 11.7 Å². The number of carbonyl (C=O) groups is 1. The van der Waals surface area contributed by atoms with Crippen molar-refractivity contribution in [2.24, 2.45) is 12.0 Å². The Bertz CT molecular complexity index is 1340. The van der Waals surface area contributed by atoms with Gasteiger partial charge in [0, 0.05) is 17.8 Å². The fraction of sp³-hybridized carbons (Fsp3) is 0.0476. The van der Waals surface area contributed by atoms with Crippen LogP contribution in [-0.4, -0.2) is 10.5 Å². The molecule has 0 fully saturated rings. The van der Waals surface area contributed by atoms with E-state index in [1.54, 1.807) is 6.07 Å². The molecule has 2 heterocycles. The highest BCUT2D eigenvalue weighted by molar-refractivity contribution is 7.16. The monoisotopic (exact) mass is 358 g/mol. The molecule has 0 bridgehead atoms. The van der Waals surface area contributed by atoms with Crippen molar-refractivity contribution in [3.05, 3.63) is 77.3 Å².